The van der Waals surface area contributed by atoms with Crippen molar-refractivity contribution >= 4 is 28.1 Å². The maximum atomic E-state index is 4.42. The van der Waals surface area contributed by atoms with E-state index in [2.05, 4.69) is 184 Å². The van der Waals surface area contributed by atoms with Crippen LogP contribution in [0.4, 0.5) is 0 Å². The number of rotatable bonds is 7. The van der Waals surface area contributed by atoms with Gasteiger partial charge in [-0.15, -0.1) is 5.98 Å². The van der Waals surface area contributed by atoms with Crippen LogP contribution in [-0.2, 0) is 10.6 Å². The first-order valence-electron chi connectivity index (χ1n) is 15.4. The minimum Gasteiger partial charge on any atom is -0.326 e. The molecule has 0 bridgehead atoms. The molecule has 218 valence electrons. The summed E-state index contributed by atoms with van der Waals surface area (Å²) in [6, 6.07) is 51.9. The van der Waals surface area contributed by atoms with E-state index in [4.69, 9.17) is 0 Å². The molecule has 6 rings (SSSR count). The van der Waals surface area contributed by atoms with Gasteiger partial charge >= 0.3 is 0 Å². The monoisotopic (exact) mass is 588 g/mol. The highest BCUT2D eigenvalue weighted by molar-refractivity contribution is 6.57. The second kappa shape index (κ2) is 14.2. The highest BCUT2D eigenvalue weighted by atomic mass is 28.2. The summed E-state index contributed by atoms with van der Waals surface area (Å²) in [5.41, 5.74) is 7.99. The lowest BCUT2D eigenvalue weighted by Gasteiger charge is -2.37. The molecule has 5 aromatic carbocycles. The van der Waals surface area contributed by atoms with Crippen LogP contribution in [0.2, 0.25) is 0 Å². The largest absolute Gasteiger partial charge is 0.326 e. The lowest BCUT2D eigenvalue weighted by Crippen LogP contribution is -2.47. The molecule has 0 unspecified atom stereocenters. The number of hydrogen-bond donors (Lipinski definition) is 0. The lowest BCUT2D eigenvalue weighted by atomic mass is 9.87. The van der Waals surface area contributed by atoms with Crippen LogP contribution in [-0.4, -0.2) is 26.9 Å². The van der Waals surface area contributed by atoms with Crippen molar-refractivity contribution in [2.24, 2.45) is 0 Å². The summed E-state index contributed by atoms with van der Waals surface area (Å²) >= 11 is 0. The van der Waals surface area contributed by atoms with Crippen molar-refractivity contribution in [3.05, 3.63) is 198 Å². The molecule has 0 amide bonds. The molecule has 2 nitrogen and oxygen atoms in total. The quantitative estimate of drug-likeness (QED) is 0.182. The van der Waals surface area contributed by atoms with Crippen LogP contribution in [0.1, 0.15) is 48.6 Å². The zero-order chi connectivity index (χ0) is 30.8. The van der Waals surface area contributed by atoms with Gasteiger partial charge in [0.2, 0.25) is 0 Å². The minimum atomic E-state index is -0.826. The first-order chi connectivity index (χ1) is 21.4. The molecule has 6 aromatic rings. The van der Waals surface area contributed by atoms with Gasteiger partial charge in [-0.3, -0.25) is 0 Å². The molecular weight excluding hydrogens is 547 g/mol. The molecule has 4 heteroatoms. The van der Waals surface area contributed by atoms with Gasteiger partial charge in [0.05, 0.1) is 21.0 Å². The molecule has 0 N–H and O–H groups in total. The predicted molar refractivity (Wildman–Crippen MR) is 193 cm³/mol. The van der Waals surface area contributed by atoms with E-state index in [0.29, 0.717) is 0 Å². The van der Waals surface area contributed by atoms with Crippen molar-refractivity contribution in [3.8, 4) is 0 Å². The van der Waals surface area contributed by atoms with Gasteiger partial charge in [0, 0.05) is 12.4 Å². The third-order valence-corrected chi connectivity index (χ3v) is 10.7. The summed E-state index contributed by atoms with van der Waals surface area (Å²) in [7, 11) is 1.25. The maximum absolute atomic E-state index is 4.42. The van der Waals surface area contributed by atoms with Gasteiger partial charge in [0.25, 0.3) is 0 Å². The zero-order valence-corrected chi connectivity index (χ0v) is 27.7. The average molecular weight is 589 g/mol. The predicted octanol–water partition coefficient (Wildman–Crippen LogP) is 7.13. The Morgan fingerprint density at radius 2 is 1.11 bits per heavy atom. The van der Waals surface area contributed by atoms with Crippen molar-refractivity contribution in [1.29, 1.82) is 0 Å². The SMILES string of the molecule is BC=C(c1ccccc1)c1ccccc1.CC(C)(C)c1cccc([SiH2]C(c2ccccc2)(c2ccccc2)n2ccnc2)c1. The molecule has 0 aliphatic heterocycles. The van der Waals surface area contributed by atoms with Crippen molar-refractivity contribution in [3.63, 3.8) is 0 Å². The van der Waals surface area contributed by atoms with Gasteiger partial charge in [-0.1, -0.05) is 172 Å². The Morgan fingerprint density at radius 1 is 0.636 bits per heavy atom. The maximum Gasteiger partial charge on any atom is 0.130 e. The van der Waals surface area contributed by atoms with E-state index >= 15 is 0 Å². The summed E-state index contributed by atoms with van der Waals surface area (Å²) in [4.78, 5) is 4.42. The first-order valence-corrected chi connectivity index (χ1v) is 16.8. The third kappa shape index (κ3) is 7.10. The van der Waals surface area contributed by atoms with E-state index < -0.39 is 9.52 Å². The molecule has 0 aliphatic rings. The smallest absolute Gasteiger partial charge is 0.130 e. The van der Waals surface area contributed by atoms with Gasteiger partial charge in [-0.2, -0.15) is 0 Å². The van der Waals surface area contributed by atoms with Crippen LogP contribution in [0.5, 0.6) is 0 Å². The standard InChI is InChI=1S/C26H28N2Si.C14H13B/c1-25(2,3)23-15-10-16-24(19-23)29-26(28-18-17-27-20-28,21-11-6-4-7-12-21)22-13-8-5-9-14-22;15-11-14(12-7-3-1-4-8-12)13-9-5-2-6-10-13/h4-20H,29H2,1-3H3;1-11H,15H2. The molecule has 0 saturated heterocycles. The number of aromatic nitrogens is 2. The van der Waals surface area contributed by atoms with Crippen LogP contribution in [0.3, 0.4) is 0 Å². The van der Waals surface area contributed by atoms with E-state index in [-0.39, 0.29) is 10.6 Å². The summed E-state index contributed by atoms with van der Waals surface area (Å²) in [5.74, 6) is 2.16. The van der Waals surface area contributed by atoms with Crippen LogP contribution in [0, 0.1) is 0 Å². The summed E-state index contributed by atoms with van der Waals surface area (Å²) in [5, 5.41) is 1.23. The van der Waals surface area contributed by atoms with Crippen LogP contribution in [0.15, 0.2) is 170 Å². The average Bonchev–Trinajstić information content (AvgIpc) is 3.62. The second-order valence-corrected chi connectivity index (χ2v) is 14.3. The van der Waals surface area contributed by atoms with Gasteiger partial charge in [0.1, 0.15) is 7.85 Å². The summed E-state index contributed by atoms with van der Waals surface area (Å²) < 4.78 is 2.31. The van der Waals surface area contributed by atoms with Crippen molar-refractivity contribution in [2.45, 2.75) is 31.3 Å². The summed E-state index contributed by atoms with van der Waals surface area (Å²) in [6.45, 7) is 6.85. The molecule has 0 saturated carbocycles. The minimum absolute atomic E-state index is 0.140. The molecular formula is C40H41BN2Si. The molecule has 44 heavy (non-hydrogen) atoms. The van der Waals surface area contributed by atoms with Crippen molar-refractivity contribution in [2.75, 3.05) is 0 Å². The van der Waals surface area contributed by atoms with E-state index in [1.54, 1.807) is 0 Å². The van der Waals surface area contributed by atoms with Gasteiger partial charge in [-0.25, -0.2) is 4.98 Å². The van der Waals surface area contributed by atoms with E-state index in [0.717, 1.165) is 0 Å². The Morgan fingerprint density at radius 3 is 1.55 bits per heavy atom. The molecule has 1 aromatic heterocycles. The van der Waals surface area contributed by atoms with Crippen molar-refractivity contribution in [1.82, 2.24) is 9.55 Å². The topological polar surface area (TPSA) is 17.8 Å². The molecule has 0 aliphatic carbocycles. The number of benzene rings is 5. The Balaban J connectivity index is 0.000000215. The zero-order valence-electron chi connectivity index (χ0n) is 26.3. The van der Waals surface area contributed by atoms with Gasteiger partial charge in [-0.05, 0) is 38.8 Å². The number of nitrogens with zero attached hydrogens (tertiary/aromatic N) is 2. The third-order valence-electron chi connectivity index (χ3n) is 8.16. The fourth-order valence-corrected chi connectivity index (χ4v) is 8.27. The normalized spacial score (nSPS) is 11.5. The highest BCUT2D eigenvalue weighted by Crippen LogP contribution is 2.33. The number of imidazole rings is 1. The Kier molecular flexibility index (Phi) is 9.93. The fraction of sp³-hybridized carbons (Fsp3) is 0.125. The Bertz CT molecular complexity index is 1660. The lowest BCUT2D eigenvalue weighted by molar-refractivity contribution is 0.589. The van der Waals surface area contributed by atoms with Gasteiger partial charge in [0.15, 0.2) is 0 Å². The van der Waals surface area contributed by atoms with Crippen molar-refractivity contribution < 1.29 is 0 Å². The second-order valence-electron chi connectivity index (χ2n) is 12.1. The highest BCUT2D eigenvalue weighted by Gasteiger charge is 2.36. The molecule has 0 atom stereocenters. The van der Waals surface area contributed by atoms with E-state index in [1.807, 2.05) is 24.7 Å². The molecule has 0 spiro atoms. The molecule has 0 fully saturated rings. The fourth-order valence-electron chi connectivity index (χ4n) is 5.85. The van der Waals surface area contributed by atoms with Crippen LogP contribution in [0.25, 0.3) is 5.57 Å². The van der Waals surface area contributed by atoms with E-state index in [1.165, 1.54) is 38.6 Å². The van der Waals surface area contributed by atoms with Crippen LogP contribution < -0.4 is 5.19 Å². The van der Waals surface area contributed by atoms with Crippen LogP contribution >= 0.6 is 0 Å². The molecule has 1 heterocycles. The first kappa shape index (κ1) is 30.8. The molecule has 0 radical (unpaired) electrons. The summed E-state index contributed by atoms with van der Waals surface area (Å²) in [6.07, 6.45) is 5.97. The Labute approximate surface area is 266 Å². The van der Waals surface area contributed by atoms with E-state index in [9.17, 15) is 0 Å². The van der Waals surface area contributed by atoms with Gasteiger partial charge < -0.3 is 4.57 Å². The Hall–Kier alpha value is -4.67. The number of hydrogen-bond acceptors (Lipinski definition) is 1.